The summed E-state index contributed by atoms with van der Waals surface area (Å²) < 4.78 is 10.5. The van der Waals surface area contributed by atoms with Crippen molar-refractivity contribution in [3.05, 3.63) is 41.6 Å². The fraction of sp³-hybridized carbons (Fsp3) is 0.500. The van der Waals surface area contributed by atoms with Crippen molar-refractivity contribution in [2.24, 2.45) is 0 Å². The van der Waals surface area contributed by atoms with Gasteiger partial charge in [-0.25, -0.2) is 4.98 Å². The van der Waals surface area contributed by atoms with Crippen molar-refractivity contribution in [3.63, 3.8) is 0 Å². The molecule has 8 heteroatoms. The number of hydrogen-bond donors (Lipinski definition) is 1. The molecule has 0 aliphatic carbocycles. The number of aromatic nitrogens is 2. The molecule has 1 saturated heterocycles. The molecule has 0 bridgehead atoms. The van der Waals surface area contributed by atoms with Crippen molar-refractivity contribution in [3.8, 4) is 6.01 Å². The van der Waals surface area contributed by atoms with Crippen LogP contribution in [-0.4, -0.2) is 61.7 Å². The summed E-state index contributed by atoms with van der Waals surface area (Å²) in [5.41, 5.74) is 2.98. The summed E-state index contributed by atoms with van der Waals surface area (Å²) in [7, 11) is 3.37. The van der Waals surface area contributed by atoms with Crippen LogP contribution in [-0.2, 0) is 16.1 Å². The summed E-state index contributed by atoms with van der Waals surface area (Å²) in [5, 5.41) is 3.03. The number of carbonyl (C=O) groups excluding carboxylic acids is 1. The van der Waals surface area contributed by atoms with Crippen LogP contribution >= 0.6 is 0 Å². The molecule has 1 aliphatic rings. The highest BCUT2D eigenvalue weighted by Gasteiger charge is 2.20. The van der Waals surface area contributed by atoms with E-state index in [1.807, 2.05) is 0 Å². The minimum absolute atomic E-state index is 0.211. The predicted octanol–water partition coefficient (Wildman–Crippen LogP) is 2.86. The van der Waals surface area contributed by atoms with Crippen LogP contribution in [0.3, 0.4) is 0 Å². The van der Waals surface area contributed by atoms with Gasteiger partial charge in [0.15, 0.2) is 5.82 Å². The Bertz CT molecular complexity index is 809. The zero-order valence-corrected chi connectivity index (χ0v) is 18.0. The van der Waals surface area contributed by atoms with Gasteiger partial charge in [0.25, 0.3) is 0 Å². The van der Waals surface area contributed by atoms with Crippen molar-refractivity contribution >= 4 is 17.9 Å². The van der Waals surface area contributed by atoms with E-state index in [0.717, 1.165) is 25.1 Å². The molecular weight excluding hydrogens is 382 g/mol. The van der Waals surface area contributed by atoms with Gasteiger partial charge in [0.1, 0.15) is 6.61 Å². The molecule has 30 heavy (non-hydrogen) atoms. The second-order valence-corrected chi connectivity index (χ2v) is 7.38. The number of ether oxygens (including phenoxy) is 2. The molecule has 2 heterocycles. The molecular formula is C22H31N5O3. The molecule has 1 aromatic carbocycles. The Morgan fingerprint density at radius 2 is 1.97 bits per heavy atom. The Morgan fingerprint density at radius 3 is 2.60 bits per heavy atom. The maximum Gasteiger partial charge on any atom is 0.318 e. The van der Waals surface area contributed by atoms with E-state index in [1.165, 1.54) is 18.4 Å². The quantitative estimate of drug-likeness (QED) is 0.448. The summed E-state index contributed by atoms with van der Waals surface area (Å²) in [6, 6.07) is 9.08. The van der Waals surface area contributed by atoms with E-state index in [1.54, 1.807) is 25.3 Å². The lowest BCUT2D eigenvalue weighted by molar-refractivity contribution is -0.107. The van der Waals surface area contributed by atoms with E-state index < -0.39 is 0 Å². The fourth-order valence-corrected chi connectivity index (χ4v) is 3.64. The van der Waals surface area contributed by atoms with Gasteiger partial charge in [-0.3, -0.25) is 14.6 Å². The number of rotatable bonds is 11. The number of nitrogens with zero attached hydrogens (tertiary/aromatic N) is 4. The molecule has 8 nitrogen and oxygen atoms in total. The third-order valence-electron chi connectivity index (χ3n) is 5.44. The Hall–Kier alpha value is -2.71. The van der Waals surface area contributed by atoms with Gasteiger partial charge in [-0.1, -0.05) is 24.3 Å². The third-order valence-corrected chi connectivity index (χ3v) is 5.44. The lowest BCUT2D eigenvalue weighted by atomic mass is 10.0. The fourth-order valence-electron chi connectivity index (χ4n) is 3.64. The number of methoxy groups -OCH3 is 1. The molecule has 0 radical (unpaired) electrons. The average Bonchev–Trinajstić information content (AvgIpc) is 3.32. The summed E-state index contributed by atoms with van der Waals surface area (Å²) in [6.07, 6.45) is 4.95. The Morgan fingerprint density at radius 1 is 1.23 bits per heavy atom. The van der Waals surface area contributed by atoms with Crippen LogP contribution in [0.5, 0.6) is 6.01 Å². The van der Waals surface area contributed by atoms with Crippen molar-refractivity contribution in [1.82, 2.24) is 14.9 Å². The minimum Gasteiger partial charge on any atom is -0.461 e. The average molecular weight is 414 g/mol. The van der Waals surface area contributed by atoms with E-state index in [9.17, 15) is 4.79 Å². The van der Waals surface area contributed by atoms with E-state index in [4.69, 9.17) is 9.47 Å². The molecule has 0 saturated carbocycles. The van der Waals surface area contributed by atoms with Crippen LogP contribution in [0.15, 0.2) is 30.5 Å². The van der Waals surface area contributed by atoms with Crippen LogP contribution in [0.4, 0.5) is 11.5 Å². The van der Waals surface area contributed by atoms with Crippen LogP contribution in [0.25, 0.3) is 0 Å². The van der Waals surface area contributed by atoms with Crippen molar-refractivity contribution in [2.45, 2.75) is 32.4 Å². The Labute approximate surface area is 178 Å². The molecule has 1 amide bonds. The maximum absolute atomic E-state index is 11.9. The molecule has 1 aromatic heterocycles. The number of anilines is 2. The molecule has 1 unspecified atom stereocenters. The number of carbonyl (C=O) groups is 1. The number of hydrogen-bond acceptors (Lipinski definition) is 7. The first-order valence-corrected chi connectivity index (χ1v) is 10.4. The number of benzene rings is 1. The SMILES string of the molecule is CNc1cnc(OCCOC)nc1N(C=O)Cc1ccc(C(C)N2CCCC2)cc1. The van der Waals surface area contributed by atoms with E-state index in [2.05, 4.69) is 51.4 Å². The lowest BCUT2D eigenvalue weighted by Gasteiger charge is -2.24. The third kappa shape index (κ3) is 5.46. The van der Waals surface area contributed by atoms with E-state index in [-0.39, 0.29) is 6.01 Å². The first-order chi connectivity index (χ1) is 14.7. The lowest BCUT2D eigenvalue weighted by Crippen LogP contribution is -2.24. The minimum atomic E-state index is 0.211. The zero-order chi connectivity index (χ0) is 21.3. The monoisotopic (exact) mass is 413 g/mol. The van der Waals surface area contributed by atoms with Crippen LogP contribution in [0.2, 0.25) is 0 Å². The smallest absolute Gasteiger partial charge is 0.318 e. The van der Waals surface area contributed by atoms with Gasteiger partial charge < -0.3 is 14.8 Å². The van der Waals surface area contributed by atoms with Gasteiger partial charge in [0, 0.05) is 20.2 Å². The van der Waals surface area contributed by atoms with Gasteiger partial charge in [0.2, 0.25) is 6.41 Å². The molecule has 1 fully saturated rings. The van der Waals surface area contributed by atoms with Crippen molar-refractivity contribution < 1.29 is 14.3 Å². The second kappa shape index (κ2) is 10.9. The maximum atomic E-state index is 11.9. The van der Waals surface area contributed by atoms with Gasteiger partial charge >= 0.3 is 6.01 Å². The van der Waals surface area contributed by atoms with Gasteiger partial charge in [-0.15, -0.1) is 0 Å². The van der Waals surface area contributed by atoms with E-state index in [0.29, 0.717) is 37.3 Å². The largest absolute Gasteiger partial charge is 0.461 e. The second-order valence-electron chi connectivity index (χ2n) is 7.38. The van der Waals surface area contributed by atoms with Gasteiger partial charge in [-0.2, -0.15) is 4.98 Å². The topological polar surface area (TPSA) is 79.8 Å². The number of nitrogens with one attached hydrogen (secondary N) is 1. The first kappa shape index (κ1) is 22.0. The van der Waals surface area contributed by atoms with Crippen molar-refractivity contribution in [1.29, 1.82) is 0 Å². The standard InChI is InChI=1S/C22H31N5O3/c1-17(26-10-4-5-11-26)19-8-6-18(7-9-19)15-27(16-28)21-20(23-2)14-24-22(25-21)30-13-12-29-3/h6-9,14,16-17,23H,4-5,10-13,15H2,1-3H3. The molecule has 2 aromatic rings. The van der Waals surface area contributed by atoms with Gasteiger partial charge in [-0.05, 0) is 44.0 Å². The molecule has 1 aliphatic heterocycles. The summed E-state index contributed by atoms with van der Waals surface area (Å²) in [6.45, 7) is 5.77. The van der Waals surface area contributed by atoms with Crippen molar-refractivity contribution in [2.75, 3.05) is 50.7 Å². The molecule has 1 N–H and O–H groups in total. The summed E-state index contributed by atoms with van der Waals surface area (Å²) >= 11 is 0. The Balaban J connectivity index is 1.72. The van der Waals surface area contributed by atoms with Crippen LogP contribution in [0, 0.1) is 0 Å². The highest BCUT2D eigenvalue weighted by atomic mass is 16.5. The molecule has 1 atom stereocenters. The highest BCUT2D eigenvalue weighted by molar-refractivity contribution is 5.80. The highest BCUT2D eigenvalue weighted by Crippen LogP contribution is 2.27. The van der Waals surface area contributed by atoms with Crippen LogP contribution < -0.4 is 15.0 Å². The van der Waals surface area contributed by atoms with Crippen LogP contribution in [0.1, 0.15) is 36.9 Å². The molecule has 3 rings (SSSR count). The number of amides is 1. The predicted molar refractivity (Wildman–Crippen MR) is 117 cm³/mol. The normalized spacial score (nSPS) is 15.0. The summed E-state index contributed by atoms with van der Waals surface area (Å²) in [5.74, 6) is 0.476. The number of likely N-dealkylation sites (tertiary alicyclic amines) is 1. The zero-order valence-electron chi connectivity index (χ0n) is 18.0. The summed E-state index contributed by atoms with van der Waals surface area (Å²) in [4.78, 5) is 24.5. The van der Waals surface area contributed by atoms with E-state index >= 15 is 0 Å². The molecule has 162 valence electrons. The van der Waals surface area contributed by atoms with Gasteiger partial charge in [0.05, 0.1) is 25.0 Å². The first-order valence-electron chi connectivity index (χ1n) is 10.4. The molecule has 0 spiro atoms. The Kier molecular flexibility index (Phi) is 7.98.